The van der Waals surface area contributed by atoms with Crippen molar-refractivity contribution in [1.29, 1.82) is 0 Å². The highest BCUT2D eigenvalue weighted by Crippen LogP contribution is 2.45. The number of halogens is 1. The summed E-state index contributed by atoms with van der Waals surface area (Å²) in [6, 6.07) is 20.1. The summed E-state index contributed by atoms with van der Waals surface area (Å²) >= 11 is 1.32. The standard InChI is InChI=1S/C26H25N3O4S2.ClH/c1-28(2)14-15-29(26-27-20-13-12-17(35(3,31)32)16-23(20)34-26)25(30)24-18-8-4-6-10-21(18)33-22-11-7-5-9-19(22)24;/h4-13,16,24H,14-15H2,1-3H3;1H. The van der Waals surface area contributed by atoms with Crippen LogP contribution >= 0.6 is 23.7 Å². The molecule has 1 amide bonds. The van der Waals surface area contributed by atoms with E-state index in [1.807, 2.05) is 67.5 Å². The third kappa shape index (κ3) is 4.97. The second-order valence-electron chi connectivity index (χ2n) is 8.80. The quantitative estimate of drug-likeness (QED) is 0.342. The van der Waals surface area contributed by atoms with Gasteiger partial charge in [-0.05, 0) is 44.4 Å². The molecule has 0 unspecified atom stereocenters. The van der Waals surface area contributed by atoms with E-state index < -0.39 is 15.8 Å². The van der Waals surface area contributed by atoms with E-state index in [4.69, 9.17) is 9.72 Å². The zero-order valence-corrected chi connectivity index (χ0v) is 22.5. The van der Waals surface area contributed by atoms with Crippen LogP contribution in [0.2, 0.25) is 0 Å². The van der Waals surface area contributed by atoms with Crippen LogP contribution in [0.4, 0.5) is 5.13 Å². The number of sulfone groups is 1. The Labute approximate surface area is 220 Å². The molecule has 0 aliphatic carbocycles. The van der Waals surface area contributed by atoms with Crippen molar-refractivity contribution in [2.45, 2.75) is 10.8 Å². The van der Waals surface area contributed by atoms with Gasteiger partial charge in [-0.15, -0.1) is 12.4 Å². The number of fused-ring (bicyclic) bond motifs is 3. The van der Waals surface area contributed by atoms with Crippen molar-refractivity contribution in [3.05, 3.63) is 77.9 Å². The molecule has 3 aromatic carbocycles. The number of carbonyl (C=O) groups is 1. The molecule has 1 aliphatic rings. The number of carbonyl (C=O) groups excluding carboxylic acids is 1. The Morgan fingerprint density at radius 1 is 0.972 bits per heavy atom. The number of para-hydroxylation sites is 2. The molecule has 10 heteroatoms. The summed E-state index contributed by atoms with van der Waals surface area (Å²) < 4.78 is 30.9. The summed E-state index contributed by atoms with van der Waals surface area (Å²) in [5, 5.41) is 0.541. The van der Waals surface area contributed by atoms with Gasteiger partial charge in [-0.1, -0.05) is 47.7 Å². The highest BCUT2D eigenvalue weighted by atomic mass is 35.5. The van der Waals surface area contributed by atoms with Crippen LogP contribution in [-0.2, 0) is 14.6 Å². The van der Waals surface area contributed by atoms with Crippen LogP contribution in [0.15, 0.2) is 71.6 Å². The Hall–Kier alpha value is -2.98. The third-order valence-corrected chi connectivity index (χ3v) is 8.12. The van der Waals surface area contributed by atoms with Gasteiger partial charge in [0.25, 0.3) is 0 Å². The van der Waals surface area contributed by atoms with Crippen molar-refractivity contribution in [3.63, 3.8) is 0 Å². The van der Waals surface area contributed by atoms with Gasteiger partial charge in [0.05, 0.1) is 21.0 Å². The lowest BCUT2D eigenvalue weighted by Gasteiger charge is -2.31. The maximum Gasteiger partial charge on any atom is 0.241 e. The van der Waals surface area contributed by atoms with Gasteiger partial charge in [-0.3, -0.25) is 9.69 Å². The molecule has 5 rings (SSSR count). The second kappa shape index (κ2) is 10.2. The molecule has 4 aromatic rings. The van der Waals surface area contributed by atoms with E-state index in [0.717, 1.165) is 15.8 Å². The second-order valence-corrected chi connectivity index (χ2v) is 11.8. The van der Waals surface area contributed by atoms with Crippen molar-refractivity contribution in [1.82, 2.24) is 9.88 Å². The first-order chi connectivity index (χ1) is 16.7. The number of thiazole rings is 1. The van der Waals surface area contributed by atoms with Crippen molar-refractivity contribution in [3.8, 4) is 11.5 Å². The van der Waals surface area contributed by atoms with Gasteiger partial charge in [0.1, 0.15) is 11.5 Å². The van der Waals surface area contributed by atoms with E-state index in [9.17, 15) is 13.2 Å². The van der Waals surface area contributed by atoms with E-state index in [1.54, 1.807) is 23.1 Å². The molecular weight excluding hydrogens is 518 g/mol. The Balaban J connectivity index is 0.00000304. The van der Waals surface area contributed by atoms with Crippen LogP contribution in [0, 0.1) is 0 Å². The SMILES string of the molecule is CN(C)CCN(C(=O)C1c2ccccc2Oc2ccccc21)c1nc2ccc(S(C)(=O)=O)cc2s1.Cl. The summed E-state index contributed by atoms with van der Waals surface area (Å²) in [5.74, 6) is 0.688. The van der Waals surface area contributed by atoms with Crippen molar-refractivity contribution in [2.75, 3.05) is 38.3 Å². The first-order valence-electron chi connectivity index (χ1n) is 11.1. The van der Waals surface area contributed by atoms with Gasteiger partial charge in [-0.2, -0.15) is 0 Å². The molecule has 0 radical (unpaired) electrons. The lowest BCUT2D eigenvalue weighted by molar-refractivity contribution is -0.119. The smallest absolute Gasteiger partial charge is 0.241 e. The van der Waals surface area contributed by atoms with E-state index in [1.165, 1.54) is 17.6 Å². The molecule has 0 atom stereocenters. The Kier molecular flexibility index (Phi) is 7.38. The number of amides is 1. The zero-order valence-electron chi connectivity index (χ0n) is 20.0. The molecule has 0 spiro atoms. The van der Waals surface area contributed by atoms with Crippen LogP contribution < -0.4 is 9.64 Å². The molecule has 2 heterocycles. The number of rotatable bonds is 6. The maximum atomic E-state index is 14.3. The minimum absolute atomic E-state index is 0. The van der Waals surface area contributed by atoms with Crippen molar-refractivity contribution in [2.24, 2.45) is 0 Å². The van der Waals surface area contributed by atoms with Crippen LogP contribution in [0.25, 0.3) is 10.2 Å². The van der Waals surface area contributed by atoms with Gasteiger partial charge in [0.15, 0.2) is 15.0 Å². The van der Waals surface area contributed by atoms with Gasteiger partial charge >= 0.3 is 0 Å². The molecule has 0 saturated heterocycles. The molecule has 0 saturated carbocycles. The fraction of sp³-hybridized carbons (Fsp3) is 0.231. The van der Waals surface area contributed by atoms with Crippen molar-refractivity contribution < 1.29 is 17.9 Å². The highest BCUT2D eigenvalue weighted by Gasteiger charge is 2.36. The monoisotopic (exact) mass is 543 g/mol. The van der Waals surface area contributed by atoms with Crippen LogP contribution in [-0.4, -0.2) is 57.6 Å². The number of nitrogens with zero attached hydrogens (tertiary/aromatic N) is 3. The van der Waals surface area contributed by atoms with Crippen LogP contribution in [0.5, 0.6) is 11.5 Å². The fourth-order valence-corrected chi connectivity index (χ4v) is 5.93. The van der Waals surface area contributed by atoms with Gasteiger partial charge in [0, 0.05) is 30.5 Å². The van der Waals surface area contributed by atoms with Crippen LogP contribution in [0.1, 0.15) is 17.0 Å². The van der Waals surface area contributed by atoms with Gasteiger partial charge in [0.2, 0.25) is 5.91 Å². The molecule has 1 aromatic heterocycles. The number of anilines is 1. The normalized spacial score (nSPS) is 13.0. The van der Waals surface area contributed by atoms with Gasteiger partial charge in [-0.25, -0.2) is 13.4 Å². The fourth-order valence-electron chi connectivity index (χ4n) is 4.17. The Bertz CT molecular complexity index is 1490. The predicted octanol–water partition coefficient (Wildman–Crippen LogP) is 4.95. The van der Waals surface area contributed by atoms with E-state index in [0.29, 0.717) is 35.2 Å². The first-order valence-corrected chi connectivity index (χ1v) is 13.9. The number of hydrogen-bond donors (Lipinski definition) is 0. The summed E-state index contributed by atoms with van der Waals surface area (Å²) in [6.07, 6.45) is 1.18. The summed E-state index contributed by atoms with van der Waals surface area (Å²) in [6.45, 7) is 1.08. The molecule has 188 valence electrons. The summed E-state index contributed by atoms with van der Waals surface area (Å²) in [5.41, 5.74) is 2.28. The summed E-state index contributed by atoms with van der Waals surface area (Å²) in [7, 11) is 0.564. The summed E-state index contributed by atoms with van der Waals surface area (Å²) in [4.78, 5) is 22.9. The lowest BCUT2D eigenvalue weighted by atomic mass is 9.87. The molecule has 0 bridgehead atoms. The lowest BCUT2D eigenvalue weighted by Crippen LogP contribution is -2.40. The largest absolute Gasteiger partial charge is 0.457 e. The average molecular weight is 544 g/mol. The Morgan fingerprint density at radius 3 is 2.17 bits per heavy atom. The maximum absolute atomic E-state index is 14.3. The minimum atomic E-state index is -3.35. The zero-order chi connectivity index (χ0) is 24.7. The molecule has 1 aliphatic heterocycles. The van der Waals surface area contributed by atoms with Gasteiger partial charge < -0.3 is 9.64 Å². The average Bonchev–Trinajstić information content (AvgIpc) is 3.24. The van der Waals surface area contributed by atoms with E-state index in [-0.39, 0.29) is 23.2 Å². The number of ether oxygens (including phenoxy) is 1. The number of likely N-dealkylation sites (N-methyl/N-ethyl adjacent to an activating group) is 1. The molecule has 7 nitrogen and oxygen atoms in total. The molecule has 0 fully saturated rings. The molecule has 36 heavy (non-hydrogen) atoms. The number of aromatic nitrogens is 1. The third-order valence-electron chi connectivity index (χ3n) is 5.97. The number of hydrogen-bond acceptors (Lipinski definition) is 7. The topological polar surface area (TPSA) is 79.8 Å². The highest BCUT2D eigenvalue weighted by molar-refractivity contribution is 7.90. The first kappa shape index (κ1) is 26.1. The van der Waals surface area contributed by atoms with Crippen LogP contribution in [0.3, 0.4) is 0 Å². The minimum Gasteiger partial charge on any atom is -0.457 e. The van der Waals surface area contributed by atoms with E-state index >= 15 is 0 Å². The predicted molar refractivity (Wildman–Crippen MR) is 146 cm³/mol. The molecule has 0 N–H and O–H groups in total. The van der Waals surface area contributed by atoms with Crippen molar-refractivity contribution >= 4 is 54.8 Å². The molecular formula is C26H26ClN3O4S2. The van der Waals surface area contributed by atoms with E-state index in [2.05, 4.69) is 0 Å². The Morgan fingerprint density at radius 2 is 1.58 bits per heavy atom. The number of benzene rings is 3.